The Balaban J connectivity index is 2.18. The Bertz CT molecular complexity index is 368. The summed E-state index contributed by atoms with van der Waals surface area (Å²) in [6, 6.07) is 0. The van der Waals surface area contributed by atoms with Crippen LogP contribution in [0.2, 0.25) is 0 Å². The lowest BCUT2D eigenvalue weighted by Gasteiger charge is -2.05. The van der Waals surface area contributed by atoms with E-state index >= 15 is 0 Å². The van der Waals surface area contributed by atoms with Crippen LogP contribution in [0.4, 0.5) is 0 Å². The number of aryl methyl sites for hydroxylation is 1. The Morgan fingerprint density at radius 2 is 2.33 bits per heavy atom. The quantitative estimate of drug-likeness (QED) is 0.699. The molecule has 82 valence electrons. The second kappa shape index (κ2) is 3.64. The molecular formula is C10H14N2O3. The fraction of sp³-hybridized carbons (Fsp3) is 0.700. The van der Waals surface area contributed by atoms with Crippen molar-refractivity contribution in [1.29, 1.82) is 0 Å². The van der Waals surface area contributed by atoms with E-state index in [9.17, 15) is 4.79 Å². The lowest BCUT2D eigenvalue weighted by Crippen LogP contribution is -2.22. The summed E-state index contributed by atoms with van der Waals surface area (Å²) in [5, 5.41) is 3.84. The molecule has 5 heteroatoms. The molecule has 1 aromatic heterocycles. The van der Waals surface area contributed by atoms with Gasteiger partial charge in [-0.25, -0.2) is 0 Å². The minimum absolute atomic E-state index is 0.269. The molecule has 1 aromatic rings. The first-order valence-corrected chi connectivity index (χ1v) is 5.14. The highest BCUT2D eigenvalue weighted by Gasteiger charge is 2.57. The third-order valence-corrected chi connectivity index (χ3v) is 2.68. The van der Waals surface area contributed by atoms with Crippen molar-refractivity contribution in [3.8, 4) is 0 Å². The maximum atomic E-state index is 11.5. The molecule has 1 aliphatic rings. The van der Waals surface area contributed by atoms with E-state index in [2.05, 4.69) is 10.1 Å². The number of aromatic nitrogens is 2. The first-order chi connectivity index (χ1) is 7.23. The Kier molecular flexibility index (Phi) is 2.46. The van der Waals surface area contributed by atoms with Crippen LogP contribution in [0, 0.1) is 0 Å². The minimum atomic E-state index is -0.631. The van der Waals surface area contributed by atoms with Gasteiger partial charge in [-0.3, -0.25) is 4.79 Å². The van der Waals surface area contributed by atoms with Crippen molar-refractivity contribution in [1.82, 2.24) is 10.1 Å². The zero-order valence-electron chi connectivity index (χ0n) is 8.95. The summed E-state index contributed by atoms with van der Waals surface area (Å²) >= 11 is 0. The van der Waals surface area contributed by atoms with Gasteiger partial charge in [-0.1, -0.05) is 12.1 Å². The van der Waals surface area contributed by atoms with Crippen molar-refractivity contribution in [2.75, 3.05) is 7.11 Å². The summed E-state index contributed by atoms with van der Waals surface area (Å²) in [7, 11) is 1.38. The highest BCUT2D eigenvalue weighted by atomic mass is 16.5. The van der Waals surface area contributed by atoms with Crippen molar-refractivity contribution in [3.05, 3.63) is 11.7 Å². The topological polar surface area (TPSA) is 65.2 Å². The average Bonchev–Trinajstić information content (AvgIpc) is 2.93. The number of carbonyl (C=O) groups is 1. The molecule has 0 saturated heterocycles. The molecule has 1 saturated carbocycles. The molecule has 0 spiro atoms. The molecule has 0 bridgehead atoms. The Morgan fingerprint density at radius 1 is 1.60 bits per heavy atom. The van der Waals surface area contributed by atoms with Gasteiger partial charge in [0.2, 0.25) is 5.89 Å². The van der Waals surface area contributed by atoms with E-state index in [0.29, 0.717) is 11.7 Å². The van der Waals surface area contributed by atoms with Crippen LogP contribution in [0.5, 0.6) is 0 Å². The molecule has 15 heavy (non-hydrogen) atoms. The molecule has 1 heterocycles. The van der Waals surface area contributed by atoms with Gasteiger partial charge >= 0.3 is 5.97 Å². The minimum Gasteiger partial charge on any atom is -0.468 e. The summed E-state index contributed by atoms with van der Waals surface area (Å²) in [6.07, 6.45) is 3.23. The van der Waals surface area contributed by atoms with Crippen LogP contribution >= 0.6 is 0 Å². The van der Waals surface area contributed by atoms with Gasteiger partial charge in [0, 0.05) is 6.42 Å². The molecule has 2 rings (SSSR count). The number of hydrogen-bond acceptors (Lipinski definition) is 5. The largest absolute Gasteiger partial charge is 0.468 e. The number of carbonyl (C=O) groups excluding carboxylic acids is 1. The first-order valence-electron chi connectivity index (χ1n) is 5.14. The maximum absolute atomic E-state index is 11.5. The summed E-state index contributed by atoms with van der Waals surface area (Å²) in [4.78, 5) is 15.7. The highest BCUT2D eigenvalue weighted by Crippen LogP contribution is 2.48. The van der Waals surface area contributed by atoms with E-state index in [-0.39, 0.29) is 5.97 Å². The Morgan fingerprint density at radius 3 is 2.87 bits per heavy atom. The molecule has 0 N–H and O–H groups in total. The number of hydrogen-bond donors (Lipinski definition) is 0. The lowest BCUT2D eigenvalue weighted by atomic mass is 10.1. The summed E-state index contributed by atoms with van der Waals surface area (Å²) in [6.45, 7) is 2.04. The van der Waals surface area contributed by atoms with Crippen molar-refractivity contribution < 1.29 is 14.1 Å². The van der Waals surface area contributed by atoms with Crippen LogP contribution in [-0.2, 0) is 21.4 Å². The van der Waals surface area contributed by atoms with Crippen molar-refractivity contribution in [2.24, 2.45) is 0 Å². The molecule has 0 aromatic carbocycles. The fourth-order valence-corrected chi connectivity index (χ4v) is 1.60. The van der Waals surface area contributed by atoms with Crippen molar-refractivity contribution in [2.45, 2.75) is 38.0 Å². The van der Waals surface area contributed by atoms with Crippen LogP contribution in [-0.4, -0.2) is 23.2 Å². The van der Waals surface area contributed by atoms with Crippen LogP contribution in [0.3, 0.4) is 0 Å². The van der Waals surface area contributed by atoms with Gasteiger partial charge < -0.3 is 9.26 Å². The standard InChI is InChI=1S/C10H14N2O3/c1-3-4-7-11-8(15-12-7)10(5-6-10)9(13)14-2/h3-6H2,1-2H3. The van der Waals surface area contributed by atoms with Gasteiger partial charge in [0.15, 0.2) is 5.82 Å². The highest BCUT2D eigenvalue weighted by molar-refractivity contribution is 5.85. The number of methoxy groups -OCH3 is 1. The van der Waals surface area contributed by atoms with Gasteiger partial charge in [0.25, 0.3) is 0 Å². The third kappa shape index (κ3) is 1.62. The van der Waals surface area contributed by atoms with Crippen molar-refractivity contribution in [3.63, 3.8) is 0 Å². The van der Waals surface area contributed by atoms with Gasteiger partial charge in [-0.05, 0) is 19.3 Å². The van der Waals surface area contributed by atoms with Crippen molar-refractivity contribution >= 4 is 5.97 Å². The number of nitrogens with zero attached hydrogens (tertiary/aromatic N) is 2. The normalized spacial score (nSPS) is 17.5. The van der Waals surface area contributed by atoms with E-state index < -0.39 is 5.41 Å². The summed E-state index contributed by atoms with van der Waals surface area (Å²) < 4.78 is 9.84. The Labute approximate surface area is 87.8 Å². The zero-order valence-corrected chi connectivity index (χ0v) is 8.95. The van der Waals surface area contributed by atoms with E-state index in [4.69, 9.17) is 9.26 Å². The fourth-order valence-electron chi connectivity index (χ4n) is 1.60. The molecule has 0 aliphatic heterocycles. The molecule has 1 aliphatic carbocycles. The monoisotopic (exact) mass is 210 g/mol. The van der Waals surface area contributed by atoms with Gasteiger partial charge in [0.1, 0.15) is 5.41 Å². The lowest BCUT2D eigenvalue weighted by molar-refractivity contribution is -0.144. The van der Waals surface area contributed by atoms with Gasteiger partial charge in [0.05, 0.1) is 7.11 Å². The summed E-state index contributed by atoms with van der Waals surface area (Å²) in [5.74, 6) is 0.815. The molecule has 5 nitrogen and oxygen atoms in total. The van der Waals surface area contributed by atoms with E-state index in [1.807, 2.05) is 6.92 Å². The van der Waals surface area contributed by atoms with E-state index in [1.54, 1.807) is 0 Å². The number of rotatable bonds is 4. The molecular weight excluding hydrogens is 196 g/mol. The third-order valence-electron chi connectivity index (χ3n) is 2.68. The van der Waals surface area contributed by atoms with E-state index in [0.717, 1.165) is 25.7 Å². The number of esters is 1. The second-order valence-electron chi connectivity index (χ2n) is 3.84. The van der Waals surface area contributed by atoms with Gasteiger partial charge in [-0.2, -0.15) is 4.98 Å². The van der Waals surface area contributed by atoms with Crippen LogP contribution < -0.4 is 0 Å². The predicted molar refractivity (Wildman–Crippen MR) is 51.2 cm³/mol. The zero-order chi connectivity index (χ0) is 10.9. The van der Waals surface area contributed by atoms with Crippen LogP contribution in [0.15, 0.2) is 4.52 Å². The molecule has 0 amide bonds. The summed E-state index contributed by atoms with van der Waals surface area (Å²) in [5.41, 5.74) is -0.631. The molecule has 0 unspecified atom stereocenters. The molecule has 0 atom stereocenters. The smallest absolute Gasteiger partial charge is 0.321 e. The van der Waals surface area contributed by atoms with Crippen LogP contribution in [0.1, 0.15) is 37.9 Å². The molecule has 0 radical (unpaired) electrons. The van der Waals surface area contributed by atoms with Crippen LogP contribution in [0.25, 0.3) is 0 Å². The SMILES string of the molecule is CCCc1noc(C2(C(=O)OC)CC2)n1. The first kappa shape index (κ1) is 10.1. The second-order valence-corrected chi connectivity index (χ2v) is 3.84. The predicted octanol–water partition coefficient (Wildman–Crippen LogP) is 1.23. The molecule has 1 fully saturated rings. The average molecular weight is 210 g/mol. The van der Waals surface area contributed by atoms with Gasteiger partial charge in [-0.15, -0.1) is 0 Å². The van der Waals surface area contributed by atoms with E-state index in [1.165, 1.54) is 7.11 Å². The number of ether oxygens (including phenoxy) is 1. The Hall–Kier alpha value is -1.39. The maximum Gasteiger partial charge on any atom is 0.321 e.